The molecule has 1 saturated heterocycles. The number of hydrogen-bond acceptors (Lipinski definition) is 7. The van der Waals surface area contributed by atoms with Crippen LogP contribution in [0.1, 0.15) is 25.5 Å². The maximum absolute atomic E-state index is 14.2. The van der Waals surface area contributed by atoms with Gasteiger partial charge in [0.25, 0.3) is 0 Å². The van der Waals surface area contributed by atoms with Crippen LogP contribution in [0.15, 0.2) is 64.1 Å². The minimum Gasteiger partial charge on any atom is -0.492 e. The minimum absolute atomic E-state index is 0.0263. The van der Waals surface area contributed by atoms with Crippen molar-refractivity contribution in [3.63, 3.8) is 0 Å². The molecular weight excluding hydrogens is 536 g/mol. The fraction of sp³-hybridized carbons (Fsp3) is 0.308. The second-order valence-electron chi connectivity index (χ2n) is 8.79. The molecule has 1 fully saturated rings. The third-order valence-electron chi connectivity index (χ3n) is 6.38. The molecule has 0 atom stereocenters. The van der Waals surface area contributed by atoms with Crippen LogP contribution in [-0.4, -0.2) is 43.3 Å². The molecule has 2 aromatic carbocycles. The van der Waals surface area contributed by atoms with Gasteiger partial charge in [0.15, 0.2) is 5.13 Å². The van der Waals surface area contributed by atoms with E-state index in [-0.39, 0.29) is 38.4 Å². The van der Waals surface area contributed by atoms with Gasteiger partial charge >= 0.3 is 0 Å². The molecule has 2 aromatic heterocycles. The van der Waals surface area contributed by atoms with E-state index in [1.807, 2.05) is 25.1 Å². The van der Waals surface area contributed by atoms with Crippen molar-refractivity contribution in [3.8, 4) is 5.75 Å². The predicted octanol–water partition coefficient (Wildman–Crippen LogP) is 5.20. The van der Waals surface area contributed by atoms with Gasteiger partial charge in [0, 0.05) is 25.1 Å². The highest BCUT2D eigenvalue weighted by Crippen LogP contribution is 2.36. The van der Waals surface area contributed by atoms with E-state index in [0.29, 0.717) is 34.8 Å². The lowest BCUT2D eigenvalue weighted by atomic mass is 9.96. The molecule has 1 aliphatic heterocycles. The Morgan fingerprint density at radius 3 is 2.66 bits per heavy atom. The Balaban J connectivity index is 1.38. The smallest absolute Gasteiger partial charge is 0.245 e. The fourth-order valence-electron chi connectivity index (χ4n) is 4.48. The first kappa shape index (κ1) is 26.3. The first-order valence-electron chi connectivity index (χ1n) is 12.1. The van der Waals surface area contributed by atoms with E-state index < -0.39 is 32.5 Å². The van der Waals surface area contributed by atoms with Crippen molar-refractivity contribution >= 4 is 42.6 Å². The summed E-state index contributed by atoms with van der Waals surface area (Å²) in [5, 5.41) is 0.483. The molecule has 4 aromatic rings. The van der Waals surface area contributed by atoms with Crippen LogP contribution in [0.3, 0.4) is 0 Å². The molecular formula is C26H25F2N3O5S2. The molecule has 1 amide bonds. The van der Waals surface area contributed by atoms with E-state index in [4.69, 9.17) is 14.1 Å². The molecule has 0 saturated carbocycles. The van der Waals surface area contributed by atoms with Crippen LogP contribution in [0.2, 0.25) is 0 Å². The number of piperidine rings is 1. The van der Waals surface area contributed by atoms with Crippen LogP contribution in [0, 0.1) is 17.6 Å². The van der Waals surface area contributed by atoms with Crippen molar-refractivity contribution in [2.24, 2.45) is 5.92 Å². The summed E-state index contributed by atoms with van der Waals surface area (Å²) in [5.74, 6) is -1.48. The van der Waals surface area contributed by atoms with E-state index in [1.54, 1.807) is 17.0 Å². The summed E-state index contributed by atoms with van der Waals surface area (Å²) in [5.41, 5.74) is 0.661. The first-order valence-corrected chi connectivity index (χ1v) is 14.3. The highest BCUT2D eigenvalue weighted by atomic mass is 32.2. The van der Waals surface area contributed by atoms with Crippen LogP contribution in [-0.2, 0) is 21.4 Å². The van der Waals surface area contributed by atoms with Crippen molar-refractivity contribution < 1.29 is 31.1 Å². The second-order valence-corrected chi connectivity index (χ2v) is 11.7. The molecule has 8 nitrogen and oxygen atoms in total. The average molecular weight is 562 g/mol. The Bertz CT molecular complexity index is 1550. The Morgan fingerprint density at radius 1 is 1.18 bits per heavy atom. The molecule has 0 radical (unpaired) electrons. The van der Waals surface area contributed by atoms with Crippen molar-refractivity contribution in [2.75, 3.05) is 24.6 Å². The zero-order valence-corrected chi connectivity index (χ0v) is 22.1. The number of anilines is 1. The van der Waals surface area contributed by atoms with Crippen LogP contribution in [0.25, 0.3) is 10.2 Å². The number of hydrogen-bond donors (Lipinski definition) is 0. The molecule has 0 spiro atoms. The summed E-state index contributed by atoms with van der Waals surface area (Å²) in [6.07, 6.45) is 2.01. The van der Waals surface area contributed by atoms with Crippen LogP contribution < -0.4 is 9.64 Å². The number of halogens is 2. The summed E-state index contributed by atoms with van der Waals surface area (Å²) in [4.78, 5) is 19.5. The van der Waals surface area contributed by atoms with Gasteiger partial charge in [-0.3, -0.25) is 9.69 Å². The lowest BCUT2D eigenvalue weighted by molar-refractivity contribution is -0.123. The highest BCUT2D eigenvalue weighted by molar-refractivity contribution is 7.89. The Labute approximate surface area is 222 Å². The number of fused-ring (bicyclic) bond motifs is 1. The highest BCUT2D eigenvalue weighted by Gasteiger charge is 2.36. The molecule has 12 heteroatoms. The van der Waals surface area contributed by atoms with Crippen molar-refractivity contribution in [2.45, 2.75) is 31.2 Å². The molecule has 5 rings (SSSR count). The minimum atomic E-state index is -4.17. The van der Waals surface area contributed by atoms with Gasteiger partial charge in [0.05, 0.1) is 24.1 Å². The van der Waals surface area contributed by atoms with E-state index in [0.717, 1.165) is 21.1 Å². The fourth-order valence-corrected chi connectivity index (χ4v) is 6.99. The topological polar surface area (TPSA) is 93.0 Å². The zero-order valence-electron chi connectivity index (χ0n) is 20.5. The van der Waals surface area contributed by atoms with E-state index in [2.05, 4.69) is 0 Å². The normalized spacial score (nSPS) is 15.1. The molecule has 0 bridgehead atoms. The molecule has 38 heavy (non-hydrogen) atoms. The maximum Gasteiger partial charge on any atom is 0.245 e. The van der Waals surface area contributed by atoms with Gasteiger partial charge in [-0.25, -0.2) is 22.2 Å². The van der Waals surface area contributed by atoms with E-state index in [9.17, 15) is 22.0 Å². The van der Waals surface area contributed by atoms with Gasteiger partial charge in [0.1, 0.15) is 33.6 Å². The summed E-state index contributed by atoms with van der Waals surface area (Å²) >= 11 is 1.36. The Morgan fingerprint density at radius 2 is 1.97 bits per heavy atom. The molecule has 1 aliphatic rings. The molecule has 200 valence electrons. The second kappa shape index (κ2) is 10.8. The SMILES string of the molecule is CCOc1cccc2sc(N(Cc3ccco3)C(=O)C3CCN(S(=O)(=O)c4ccc(F)cc4F)CC3)nc12. The summed E-state index contributed by atoms with van der Waals surface area (Å²) < 4.78 is 66.7. The lowest BCUT2D eigenvalue weighted by Gasteiger charge is -2.32. The number of carbonyl (C=O) groups excluding carboxylic acids is 1. The quantitative estimate of drug-likeness (QED) is 0.294. The lowest BCUT2D eigenvalue weighted by Crippen LogP contribution is -2.44. The van der Waals surface area contributed by atoms with Gasteiger partial charge in [0.2, 0.25) is 15.9 Å². The number of sulfonamides is 1. The summed E-state index contributed by atoms with van der Waals surface area (Å²) in [6.45, 7) is 2.58. The van der Waals surface area contributed by atoms with E-state index in [1.165, 1.54) is 17.6 Å². The number of aromatic nitrogens is 1. The average Bonchev–Trinajstić information content (AvgIpc) is 3.57. The van der Waals surface area contributed by atoms with Crippen molar-refractivity contribution in [1.29, 1.82) is 0 Å². The maximum atomic E-state index is 14.2. The zero-order chi connectivity index (χ0) is 26.9. The number of ether oxygens (including phenoxy) is 1. The number of amides is 1. The number of furan rings is 1. The molecule has 3 heterocycles. The Hall–Kier alpha value is -3.35. The number of thiazole rings is 1. The number of benzene rings is 2. The summed E-state index contributed by atoms with van der Waals surface area (Å²) in [7, 11) is -4.17. The first-order chi connectivity index (χ1) is 18.3. The third kappa shape index (κ3) is 5.16. The van der Waals surface area contributed by atoms with Crippen LogP contribution >= 0.6 is 11.3 Å². The molecule has 0 aliphatic carbocycles. The van der Waals surface area contributed by atoms with Gasteiger partial charge in [-0.15, -0.1) is 0 Å². The number of rotatable bonds is 8. The van der Waals surface area contributed by atoms with Gasteiger partial charge in [-0.1, -0.05) is 17.4 Å². The largest absolute Gasteiger partial charge is 0.492 e. The van der Waals surface area contributed by atoms with E-state index >= 15 is 0 Å². The standard InChI is InChI=1S/C26H25F2N3O5S2/c1-2-35-21-6-3-7-22-24(21)29-26(37-22)31(16-19-5-4-14-36-19)25(32)17-10-12-30(13-11-17)38(33,34)23-9-8-18(27)15-20(23)28/h3-9,14-15,17H,2,10-13,16H2,1H3. The molecule has 0 unspecified atom stereocenters. The summed E-state index contributed by atoms with van der Waals surface area (Å²) in [6, 6.07) is 11.5. The van der Waals surface area contributed by atoms with Crippen molar-refractivity contribution in [1.82, 2.24) is 9.29 Å². The van der Waals surface area contributed by atoms with Crippen LogP contribution in [0.4, 0.5) is 13.9 Å². The van der Waals surface area contributed by atoms with Gasteiger partial charge in [-0.05, 0) is 56.2 Å². The Kier molecular flexibility index (Phi) is 7.46. The van der Waals surface area contributed by atoms with Gasteiger partial charge in [-0.2, -0.15) is 4.31 Å². The van der Waals surface area contributed by atoms with Crippen molar-refractivity contribution in [3.05, 3.63) is 72.2 Å². The third-order valence-corrected chi connectivity index (χ3v) is 9.35. The predicted molar refractivity (Wildman–Crippen MR) is 139 cm³/mol. The number of carbonyl (C=O) groups is 1. The van der Waals surface area contributed by atoms with Crippen LogP contribution in [0.5, 0.6) is 5.75 Å². The van der Waals surface area contributed by atoms with Gasteiger partial charge < -0.3 is 9.15 Å². The monoisotopic (exact) mass is 561 g/mol. The molecule has 0 N–H and O–H groups in total. The number of nitrogens with zero attached hydrogens (tertiary/aromatic N) is 3. The number of para-hydroxylation sites is 1.